The van der Waals surface area contributed by atoms with Gasteiger partial charge in [-0.05, 0) is 48.4 Å². The van der Waals surface area contributed by atoms with Crippen molar-refractivity contribution in [2.45, 2.75) is 83.3 Å². The molecule has 1 N–H and O–H groups in total. The number of esters is 1. The number of alkyl halides is 3. The molecule has 6 nitrogen and oxygen atoms in total. The molecular weight excluding hydrogens is 490 g/mol. The van der Waals surface area contributed by atoms with E-state index in [4.69, 9.17) is 16.3 Å². The number of hydrogen-bond acceptors (Lipinski definition) is 5. The smallest absolute Gasteiger partial charge is 0.306 e. The first-order valence-corrected chi connectivity index (χ1v) is 13.5. The van der Waals surface area contributed by atoms with Gasteiger partial charge in [0.05, 0.1) is 17.9 Å². The summed E-state index contributed by atoms with van der Waals surface area (Å²) >= 11 is 6.04. The molecule has 0 aromatic carbocycles. The quantitative estimate of drug-likeness (QED) is 0.342. The van der Waals surface area contributed by atoms with Crippen LogP contribution >= 0.6 is 11.6 Å². The van der Waals surface area contributed by atoms with Crippen LogP contribution in [-0.4, -0.2) is 69.9 Å². The molecule has 4 aliphatic carbocycles. The lowest BCUT2D eigenvalue weighted by Crippen LogP contribution is -2.71. The lowest BCUT2D eigenvalue weighted by molar-refractivity contribution is -0.495. The van der Waals surface area contributed by atoms with Gasteiger partial charge in [-0.15, -0.1) is 11.6 Å². The summed E-state index contributed by atoms with van der Waals surface area (Å²) < 4.78 is 41.3. The van der Waals surface area contributed by atoms with Crippen molar-refractivity contribution >= 4 is 35.3 Å². The third-order valence-corrected chi connectivity index (χ3v) is 10.7. The largest absolute Gasteiger partial charge is 0.450 e. The van der Waals surface area contributed by atoms with Crippen LogP contribution in [0, 0.1) is 34.5 Å². The van der Waals surface area contributed by atoms with Crippen LogP contribution in [0.4, 0.5) is 8.78 Å². The summed E-state index contributed by atoms with van der Waals surface area (Å²) in [5.74, 6) is -3.29. The van der Waals surface area contributed by atoms with Gasteiger partial charge in [0.25, 0.3) is 0 Å². The van der Waals surface area contributed by atoms with Crippen molar-refractivity contribution in [1.29, 1.82) is 0 Å². The van der Waals surface area contributed by atoms with Gasteiger partial charge in [0.1, 0.15) is 17.6 Å². The summed E-state index contributed by atoms with van der Waals surface area (Å²) in [5, 5.41) is 16.1. The fraction of sp³-hybridized carbons (Fsp3) is 0.778. The number of rotatable bonds is 4. The Bertz CT molecular complexity index is 1110. The first kappa shape index (κ1) is 26.0. The van der Waals surface area contributed by atoms with Crippen LogP contribution in [-0.2, 0) is 14.3 Å². The highest BCUT2D eigenvalue weighted by atomic mass is 35.5. The topological polar surface area (TPSA) is 79.0 Å². The molecule has 198 valence electrons. The van der Waals surface area contributed by atoms with Crippen molar-refractivity contribution in [2.75, 3.05) is 12.9 Å². The molecule has 3 fully saturated rings. The van der Waals surface area contributed by atoms with E-state index in [1.54, 1.807) is 38.6 Å². The van der Waals surface area contributed by atoms with Crippen molar-refractivity contribution in [3.63, 3.8) is 0 Å². The molecule has 0 amide bonds. The number of aliphatic hydroxyl groups excluding tert-OH is 1. The van der Waals surface area contributed by atoms with E-state index in [1.807, 2.05) is 13.1 Å². The molecule has 0 aromatic rings. The minimum absolute atomic E-state index is 0.0683. The van der Waals surface area contributed by atoms with Crippen molar-refractivity contribution in [3.8, 4) is 0 Å². The van der Waals surface area contributed by atoms with Crippen LogP contribution in [0.5, 0.6) is 0 Å². The number of nitrogens with zero attached hydrogens (tertiary/aromatic N) is 2. The predicted octanol–water partition coefficient (Wildman–Crippen LogP) is 4.01. The lowest BCUT2D eigenvalue weighted by Gasteiger charge is -2.64. The maximum atomic E-state index is 17.7. The number of Topliss-reactive ketones (excluding diaryl/α,β-unsaturated/α-hetero) is 1. The molecule has 1 heterocycles. The number of allylic oxidation sites excluding steroid dienone is 2. The van der Waals surface area contributed by atoms with E-state index in [2.05, 4.69) is 5.10 Å². The van der Waals surface area contributed by atoms with Gasteiger partial charge in [-0.25, -0.2) is 8.78 Å². The number of ether oxygens (including phenoxy) is 1. The van der Waals surface area contributed by atoms with Crippen molar-refractivity contribution < 1.29 is 32.9 Å². The molecule has 0 spiro atoms. The van der Waals surface area contributed by atoms with Gasteiger partial charge in [0, 0.05) is 29.1 Å². The van der Waals surface area contributed by atoms with E-state index < -0.39 is 63.9 Å². The number of carbonyl (C=O) groups excluding carboxylic acids is 2. The van der Waals surface area contributed by atoms with Gasteiger partial charge < -0.3 is 9.84 Å². The Labute approximate surface area is 215 Å². The third kappa shape index (κ3) is 2.97. The number of halogens is 3. The van der Waals surface area contributed by atoms with Crippen LogP contribution in [0.3, 0.4) is 0 Å². The number of aliphatic hydroxyl groups is 1. The van der Waals surface area contributed by atoms with Crippen molar-refractivity contribution in [3.05, 3.63) is 11.6 Å². The summed E-state index contributed by atoms with van der Waals surface area (Å²) in [5.41, 5.74) is -4.95. The standard InChI is InChI=1S/C27H36ClF2N2O4/c1-6-23(35)36-27(22(34)12-28)14(2)7-16-17-8-19(29)18-9-20-15(13-32(5)31-20)10-24(18,3)26(17,30)21(33)11-25(16,27)4/h9,13-17,19,21,33H,6-8,10-12H2,1-5H3/q+1/t14-,15?,16-,17-,19-,21-,24-,25-,26-,27-/m0/s1. The number of fused-ring (bicyclic) bond motifs is 6. The maximum Gasteiger partial charge on any atom is 0.306 e. The van der Waals surface area contributed by atoms with E-state index in [-0.39, 0.29) is 31.1 Å². The van der Waals surface area contributed by atoms with Gasteiger partial charge in [0.15, 0.2) is 24.6 Å². The fourth-order valence-corrected chi connectivity index (χ4v) is 9.14. The zero-order valence-electron chi connectivity index (χ0n) is 21.6. The van der Waals surface area contributed by atoms with Crippen LogP contribution < -0.4 is 0 Å². The minimum Gasteiger partial charge on any atom is -0.450 e. The monoisotopic (exact) mass is 525 g/mol. The van der Waals surface area contributed by atoms with E-state index in [1.165, 1.54) is 0 Å². The van der Waals surface area contributed by atoms with E-state index in [0.717, 1.165) is 5.71 Å². The molecule has 10 atom stereocenters. The Hall–Kier alpha value is -1.67. The lowest BCUT2D eigenvalue weighted by atomic mass is 9.43. The molecule has 0 aromatic heterocycles. The number of hydrazone groups is 1. The molecule has 9 heteroatoms. The van der Waals surface area contributed by atoms with E-state index in [9.17, 15) is 14.7 Å². The molecule has 3 saturated carbocycles. The van der Waals surface area contributed by atoms with Crippen LogP contribution in [0.25, 0.3) is 0 Å². The average Bonchev–Trinajstić information content (AvgIpc) is 3.28. The predicted molar refractivity (Wildman–Crippen MR) is 132 cm³/mol. The molecule has 1 aliphatic heterocycles. The molecule has 0 bridgehead atoms. The Morgan fingerprint density at radius 3 is 2.61 bits per heavy atom. The molecule has 0 radical (unpaired) electrons. The van der Waals surface area contributed by atoms with E-state index >= 15 is 8.78 Å². The Balaban J connectivity index is 1.64. The number of carbonyl (C=O) groups is 2. The Kier molecular flexibility index (Phi) is 5.89. The third-order valence-electron chi connectivity index (χ3n) is 10.5. The summed E-state index contributed by atoms with van der Waals surface area (Å²) in [6, 6.07) is 0. The van der Waals surface area contributed by atoms with Crippen LogP contribution in [0.2, 0.25) is 0 Å². The Morgan fingerprint density at radius 1 is 1.28 bits per heavy atom. The van der Waals surface area contributed by atoms with Gasteiger partial charge in [-0.2, -0.15) is 0 Å². The summed E-state index contributed by atoms with van der Waals surface area (Å²) in [6.07, 6.45) is 1.29. The Morgan fingerprint density at radius 2 is 1.97 bits per heavy atom. The van der Waals surface area contributed by atoms with Gasteiger partial charge in [-0.3, -0.25) is 9.59 Å². The zero-order valence-corrected chi connectivity index (χ0v) is 22.3. The van der Waals surface area contributed by atoms with E-state index in [0.29, 0.717) is 18.4 Å². The second-order valence-electron chi connectivity index (χ2n) is 12.1. The summed E-state index contributed by atoms with van der Waals surface area (Å²) in [6.45, 7) is 6.99. The maximum absolute atomic E-state index is 17.7. The molecule has 0 saturated heterocycles. The number of ketones is 1. The first-order valence-electron chi connectivity index (χ1n) is 13.0. The SMILES string of the molecule is CCC(=O)O[C@]1(C(=O)CCl)[C@@H](C)C[C@H]2[C@@H]3C[C@H](F)C4=CC5=N[N+](C)=CC5C[C@]4(C)[C@@]3(F)[C@@H](O)C[C@@]21C. The fourth-order valence-electron chi connectivity index (χ4n) is 8.94. The van der Waals surface area contributed by atoms with Crippen LogP contribution in [0.15, 0.2) is 16.8 Å². The summed E-state index contributed by atoms with van der Waals surface area (Å²) in [7, 11) is 1.79. The first-order chi connectivity index (χ1) is 16.8. The van der Waals surface area contributed by atoms with Gasteiger partial charge >= 0.3 is 5.97 Å². The second-order valence-corrected chi connectivity index (χ2v) is 12.3. The number of hydrogen-bond donors (Lipinski definition) is 1. The highest BCUT2D eigenvalue weighted by Gasteiger charge is 2.78. The molecule has 5 rings (SSSR count). The minimum atomic E-state index is -2.11. The van der Waals surface area contributed by atoms with Gasteiger partial charge in [0.2, 0.25) is 0 Å². The van der Waals surface area contributed by atoms with Gasteiger partial charge in [-0.1, -0.05) is 32.4 Å². The second kappa shape index (κ2) is 8.16. The highest BCUT2D eigenvalue weighted by Crippen LogP contribution is 2.72. The van der Waals surface area contributed by atoms with Crippen molar-refractivity contribution in [1.82, 2.24) is 0 Å². The molecule has 36 heavy (non-hydrogen) atoms. The summed E-state index contributed by atoms with van der Waals surface area (Å²) in [4.78, 5) is 26.0. The highest BCUT2D eigenvalue weighted by molar-refractivity contribution is 6.29. The molecular formula is C27H36ClF2N2O4+. The molecule has 1 unspecified atom stereocenters. The normalized spacial score (nSPS) is 49.1. The van der Waals surface area contributed by atoms with Crippen LogP contribution in [0.1, 0.15) is 59.8 Å². The average molecular weight is 526 g/mol. The van der Waals surface area contributed by atoms with Crippen molar-refractivity contribution in [2.24, 2.45) is 39.6 Å². The molecule has 5 aliphatic rings. The zero-order chi connectivity index (χ0) is 26.4.